The summed E-state index contributed by atoms with van der Waals surface area (Å²) in [6.07, 6.45) is 2.37. The van der Waals surface area contributed by atoms with E-state index in [0.29, 0.717) is 34.8 Å². The third kappa shape index (κ3) is 4.70. The lowest BCUT2D eigenvalue weighted by atomic mass is 9.95. The molecular formula is C31H30N2O7. The van der Waals surface area contributed by atoms with Gasteiger partial charge in [-0.2, -0.15) is 0 Å². The predicted octanol–water partition coefficient (Wildman–Crippen LogP) is 4.87. The molecular weight excluding hydrogens is 512 g/mol. The molecule has 0 unspecified atom stereocenters. The Morgan fingerprint density at radius 1 is 0.850 bits per heavy atom. The normalized spacial score (nSPS) is 16.4. The van der Waals surface area contributed by atoms with Crippen LogP contribution in [0, 0.1) is 0 Å². The van der Waals surface area contributed by atoms with Gasteiger partial charge >= 0.3 is 0 Å². The van der Waals surface area contributed by atoms with Crippen molar-refractivity contribution in [1.82, 2.24) is 9.88 Å². The number of nitrogens with zero attached hydrogens (tertiary/aromatic N) is 1. The second-order valence-corrected chi connectivity index (χ2v) is 9.31. The summed E-state index contributed by atoms with van der Waals surface area (Å²) < 4.78 is 21.4. The van der Waals surface area contributed by atoms with Crippen LogP contribution in [0.5, 0.6) is 23.0 Å². The van der Waals surface area contributed by atoms with E-state index in [2.05, 4.69) is 4.98 Å². The molecule has 40 heavy (non-hydrogen) atoms. The molecule has 0 radical (unpaired) electrons. The Labute approximate surface area is 231 Å². The van der Waals surface area contributed by atoms with E-state index in [4.69, 9.17) is 18.9 Å². The van der Waals surface area contributed by atoms with E-state index in [-0.39, 0.29) is 17.9 Å². The number of likely N-dealkylation sites (tertiary alicyclic amines) is 1. The first-order valence-electron chi connectivity index (χ1n) is 12.7. The summed E-state index contributed by atoms with van der Waals surface area (Å²) in [4.78, 5) is 31.7. The molecule has 0 saturated carbocycles. The summed E-state index contributed by atoms with van der Waals surface area (Å²) in [7, 11) is 6.17. The van der Waals surface area contributed by atoms with Crippen LogP contribution in [0.25, 0.3) is 16.7 Å². The summed E-state index contributed by atoms with van der Waals surface area (Å²) >= 11 is 0. The molecule has 1 amide bonds. The number of fused-ring (bicyclic) bond motifs is 1. The van der Waals surface area contributed by atoms with Crippen molar-refractivity contribution in [2.45, 2.75) is 12.5 Å². The van der Waals surface area contributed by atoms with Gasteiger partial charge in [0.1, 0.15) is 17.3 Å². The SMILES string of the molecule is COc1ccc([C@@H]2C(=C(O)c3ccc(OC)c(OC)c3)C(=O)C(=O)N2CCc2c[nH]c3ccc(OC)cc23)cc1. The first kappa shape index (κ1) is 26.7. The molecule has 1 saturated heterocycles. The zero-order valence-corrected chi connectivity index (χ0v) is 22.7. The number of aliphatic hydroxyl groups is 1. The molecule has 2 heterocycles. The highest BCUT2D eigenvalue weighted by Crippen LogP contribution is 2.41. The standard InChI is InChI=1S/C31H30N2O7/c1-37-21-8-5-18(6-9-21)28-27(29(34)19-7-12-25(39-3)26(15-19)40-4)30(35)31(36)33(28)14-13-20-17-32-24-11-10-22(38-2)16-23(20)24/h5-12,15-17,28,32,34H,13-14H2,1-4H3/t28-/m1/s1. The van der Waals surface area contributed by atoms with Gasteiger partial charge in [-0.3, -0.25) is 9.59 Å². The van der Waals surface area contributed by atoms with Crippen molar-refractivity contribution in [2.24, 2.45) is 0 Å². The molecule has 9 heteroatoms. The molecule has 3 aromatic carbocycles. The molecule has 1 aromatic heterocycles. The van der Waals surface area contributed by atoms with Gasteiger partial charge in [-0.1, -0.05) is 12.1 Å². The summed E-state index contributed by atoms with van der Waals surface area (Å²) in [5.41, 5.74) is 2.92. The number of H-pyrrole nitrogens is 1. The highest BCUT2D eigenvalue weighted by atomic mass is 16.5. The van der Waals surface area contributed by atoms with Crippen LogP contribution >= 0.6 is 0 Å². The Hall–Kier alpha value is -4.92. The molecule has 206 valence electrons. The van der Waals surface area contributed by atoms with Crippen LogP contribution in [0.3, 0.4) is 0 Å². The Balaban J connectivity index is 1.57. The topological polar surface area (TPSA) is 110 Å². The fourth-order valence-corrected chi connectivity index (χ4v) is 5.11. The first-order chi connectivity index (χ1) is 19.4. The third-order valence-electron chi connectivity index (χ3n) is 7.23. The van der Waals surface area contributed by atoms with E-state index in [1.165, 1.54) is 19.1 Å². The number of aromatic nitrogens is 1. The lowest BCUT2D eigenvalue weighted by Gasteiger charge is -2.25. The van der Waals surface area contributed by atoms with Crippen molar-refractivity contribution in [3.63, 3.8) is 0 Å². The maximum atomic E-state index is 13.5. The number of hydrogen-bond donors (Lipinski definition) is 2. The molecule has 4 aromatic rings. The van der Waals surface area contributed by atoms with E-state index in [9.17, 15) is 14.7 Å². The monoisotopic (exact) mass is 542 g/mol. The number of rotatable bonds is 9. The van der Waals surface area contributed by atoms with Crippen LogP contribution in [-0.2, 0) is 16.0 Å². The number of ketones is 1. The number of aliphatic hydroxyl groups excluding tert-OH is 1. The van der Waals surface area contributed by atoms with Crippen molar-refractivity contribution in [1.29, 1.82) is 0 Å². The zero-order chi connectivity index (χ0) is 28.4. The number of carbonyl (C=O) groups excluding carboxylic acids is 2. The Bertz CT molecular complexity index is 1600. The highest BCUT2D eigenvalue weighted by Gasteiger charge is 2.46. The highest BCUT2D eigenvalue weighted by molar-refractivity contribution is 6.46. The van der Waals surface area contributed by atoms with Crippen LogP contribution in [0.2, 0.25) is 0 Å². The number of benzene rings is 3. The van der Waals surface area contributed by atoms with Crippen LogP contribution in [0.1, 0.15) is 22.7 Å². The molecule has 1 atom stereocenters. The van der Waals surface area contributed by atoms with Crippen LogP contribution < -0.4 is 18.9 Å². The van der Waals surface area contributed by atoms with Crippen molar-refractivity contribution >= 4 is 28.4 Å². The number of ether oxygens (including phenoxy) is 4. The maximum Gasteiger partial charge on any atom is 0.295 e. The van der Waals surface area contributed by atoms with Crippen LogP contribution in [0.15, 0.2) is 72.4 Å². The molecule has 0 bridgehead atoms. The fourth-order valence-electron chi connectivity index (χ4n) is 5.11. The van der Waals surface area contributed by atoms with E-state index in [1.54, 1.807) is 56.7 Å². The second-order valence-electron chi connectivity index (χ2n) is 9.31. The number of carbonyl (C=O) groups is 2. The summed E-state index contributed by atoms with van der Waals surface area (Å²) in [5, 5.41) is 12.4. The zero-order valence-electron chi connectivity index (χ0n) is 22.7. The fraction of sp³-hybridized carbons (Fsp3) is 0.226. The molecule has 9 nitrogen and oxygen atoms in total. The number of aromatic amines is 1. The molecule has 0 aliphatic carbocycles. The minimum absolute atomic E-state index is 0.00276. The quantitative estimate of drug-likeness (QED) is 0.176. The molecule has 1 fully saturated rings. The number of amides is 1. The number of nitrogens with one attached hydrogen (secondary N) is 1. The summed E-state index contributed by atoms with van der Waals surface area (Å²) in [5.74, 6) is 0.488. The van der Waals surface area contributed by atoms with Gasteiger partial charge in [0, 0.05) is 29.2 Å². The van der Waals surface area contributed by atoms with Crippen molar-refractivity contribution in [3.05, 3.63) is 89.1 Å². The minimum atomic E-state index is -0.807. The minimum Gasteiger partial charge on any atom is -0.507 e. The number of methoxy groups -OCH3 is 4. The first-order valence-corrected chi connectivity index (χ1v) is 12.7. The molecule has 1 aliphatic heterocycles. The average Bonchev–Trinajstić information content (AvgIpc) is 3.52. The average molecular weight is 543 g/mol. The smallest absolute Gasteiger partial charge is 0.295 e. The van der Waals surface area contributed by atoms with Gasteiger partial charge in [0.2, 0.25) is 0 Å². The Morgan fingerprint density at radius 3 is 2.23 bits per heavy atom. The van der Waals surface area contributed by atoms with Crippen molar-refractivity contribution in [3.8, 4) is 23.0 Å². The van der Waals surface area contributed by atoms with Crippen molar-refractivity contribution < 1.29 is 33.6 Å². The molecule has 0 spiro atoms. The summed E-state index contributed by atoms with van der Waals surface area (Å²) in [6.45, 7) is 0.244. The van der Waals surface area contributed by atoms with Gasteiger partial charge in [0.15, 0.2) is 11.5 Å². The van der Waals surface area contributed by atoms with Gasteiger partial charge in [-0.25, -0.2) is 0 Å². The number of hydrogen-bond acceptors (Lipinski definition) is 7. The lowest BCUT2D eigenvalue weighted by molar-refractivity contribution is -0.139. The van der Waals surface area contributed by atoms with Crippen molar-refractivity contribution in [2.75, 3.05) is 35.0 Å². The van der Waals surface area contributed by atoms with E-state index < -0.39 is 17.7 Å². The Morgan fingerprint density at radius 2 is 1.55 bits per heavy atom. The van der Waals surface area contributed by atoms with Gasteiger partial charge in [0.25, 0.3) is 11.7 Å². The van der Waals surface area contributed by atoms with Gasteiger partial charge in [0.05, 0.1) is 40.1 Å². The lowest BCUT2D eigenvalue weighted by Crippen LogP contribution is -2.31. The Kier molecular flexibility index (Phi) is 7.37. The van der Waals surface area contributed by atoms with Gasteiger partial charge < -0.3 is 33.9 Å². The predicted molar refractivity (Wildman–Crippen MR) is 150 cm³/mol. The molecule has 5 rings (SSSR count). The largest absolute Gasteiger partial charge is 0.507 e. The van der Waals surface area contributed by atoms with Gasteiger partial charge in [-0.15, -0.1) is 0 Å². The van der Waals surface area contributed by atoms with E-state index in [1.807, 2.05) is 24.4 Å². The van der Waals surface area contributed by atoms with Gasteiger partial charge in [-0.05, 0) is 66.1 Å². The van der Waals surface area contributed by atoms with Crippen LogP contribution in [-0.4, -0.2) is 61.7 Å². The second kappa shape index (κ2) is 11.1. The maximum absolute atomic E-state index is 13.5. The summed E-state index contributed by atoms with van der Waals surface area (Å²) in [6, 6.07) is 16.9. The molecule has 2 N–H and O–H groups in total. The van der Waals surface area contributed by atoms with E-state index >= 15 is 0 Å². The van der Waals surface area contributed by atoms with E-state index in [0.717, 1.165) is 22.2 Å². The third-order valence-corrected chi connectivity index (χ3v) is 7.23. The van der Waals surface area contributed by atoms with Crippen LogP contribution in [0.4, 0.5) is 0 Å². The molecule has 1 aliphatic rings. The number of Topliss-reactive ketones (excluding diaryl/α,β-unsaturated/α-hetero) is 1.